The van der Waals surface area contributed by atoms with E-state index in [-0.39, 0.29) is 6.54 Å². The number of nitrogens with zero attached hydrogens (tertiary/aromatic N) is 5. The predicted octanol–water partition coefficient (Wildman–Crippen LogP) is 0.241. The summed E-state index contributed by atoms with van der Waals surface area (Å²) in [6, 6.07) is 5.31. The number of nitriles is 1. The predicted molar refractivity (Wildman–Crippen MR) is 63.9 cm³/mol. The molecular formula is C11H10N6O2. The smallest absolute Gasteiger partial charge is 0.325 e. The average Bonchev–Trinajstić information content (AvgIpc) is 2.84. The topological polar surface area (TPSA) is 117 Å². The van der Waals surface area contributed by atoms with Gasteiger partial charge < -0.3 is 10.4 Å². The summed E-state index contributed by atoms with van der Waals surface area (Å²) < 4.78 is 1.24. The van der Waals surface area contributed by atoms with Crippen molar-refractivity contribution < 1.29 is 9.90 Å². The van der Waals surface area contributed by atoms with Gasteiger partial charge in [0.25, 0.3) is 0 Å². The lowest BCUT2D eigenvalue weighted by atomic mass is 10.3. The third kappa shape index (κ3) is 3.50. The van der Waals surface area contributed by atoms with Crippen molar-refractivity contribution in [2.75, 3.05) is 5.32 Å². The van der Waals surface area contributed by atoms with Gasteiger partial charge in [-0.05, 0) is 12.1 Å². The van der Waals surface area contributed by atoms with Gasteiger partial charge >= 0.3 is 5.97 Å². The molecule has 19 heavy (non-hydrogen) atoms. The summed E-state index contributed by atoms with van der Waals surface area (Å²) in [5, 5.41) is 27.7. The van der Waals surface area contributed by atoms with Gasteiger partial charge in [-0.15, -0.1) is 5.10 Å². The minimum absolute atomic E-state index is 0.220. The molecule has 8 nitrogen and oxygen atoms in total. The van der Waals surface area contributed by atoms with Crippen molar-refractivity contribution in [3.63, 3.8) is 0 Å². The third-order valence-corrected chi connectivity index (χ3v) is 2.23. The number of pyridine rings is 1. The minimum Gasteiger partial charge on any atom is -0.480 e. The summed E-state index contributed by atoms with van der Waals surface area (Å²) in [6.07, 6.45) is 3.01. The maximum absolute atomic E-state index is 10.5. The van der Waals surface area contributed by atoms with Gasteiger partial charge in [0, 0.05) is 6.20 Å². The molecule has 8 heteroatoms. The third-order valence-electron chi connectivity index (χ3n) is 2.23. The molecule has 2 aromatic heterocycles. The van der Waals surface area contributed by atoms with E-state index in [1.807, 2.05) is 6.07 Å². The largest absolute Gasteiger partial charge is 0.480 e. The molecule has 0 aliphatic rings. The van der Waals surface area contributed by atoms with Gasteiger partial charge in [-0.2, -0.15) is 5.26 Å². The fraction of sp³-hybridized carbons (Fsp3) is 0.182. The van der Waals surface area contributed by atoms with E-state index in [2.05, 4.69) is 20.6 Å². The summed E-state index contributed by atoms with van der Waals surface area (Å²) in [7, 11) is 0. The van der Waals surface area contributed by atoms with Crippen LogP contribution in [-0.4, -0.2) is 31.1 Å². The first-order valence-electron chi connectivity index (χ1n) is 5.38. The molecule has 0 amide bonds. The highest BCUT2D eigenvalue weighted by Gasteiger charge is 2.04. The summed E-state index contributed by atoms with van der Waals surface area (Å²) in [6.45, 7) is 0.153. The van der Waals surface area contributed by atoms with Gasteiger partial charge in [-0.3, -0.25) is 4.79 Å². The number of anilines is 1. The zero-order chi connectivity index (χ0) is 13.7. The van der Waals surface area contributed by atoms with Gasteiger partial charge in [-0.25, -0.2) is 9.67 Å². The molecule has 0 saturated heterocycles. The van der Waals surface area contributed by atoms with Crippen LogP contribution < -0.4 is 5.32 Å². The first-order valence-corrected chi connectivity index (χ1v) is 5.38. The zero-order valence-electron chi connectivity index (χ0n) is 9.82. The van der Waals surface area contributed by atoms with E-state index in [9.17, 15) is 4.79 Å². The summed E-state index contributed by atoms with van der Waals surface area (Å²) in [5.74, 6) is -0.370. The normalized spacial score (nSPS) is 9.84. The molecule has 0 atom stereocenters. The van der Waals surface area contributed by atoms with Crippen molar-refractivity contribution in [1.82, 2.24) is 20.0 Å². The van der Waals surface area contributed by atoms with Gasteiger partial charge in [0.15, 0.2) is 0 Å². The fourth-order valence-electron chi connectivity index (χ4n) is 1.38. The van der Waals surface area contributed by atoms with Gasteiger partial charge in [0.2, 0.25) is 0 Å². The molecule has 0 radical (unpaired) electrons. The Morgan fingerprint density at radius 3 is 3.00 bits per heavy atom. The molecule has 0 aromatic carbocycles. The van der Waals surface area contributed by atoms with Crippen molar-refractivity contribution >= 4 is 11.8 Å². The number of hydrogen-bond donors (Lipinski definition) is 2. The second-order valence-electron chi connectivity index (χ2n) is 3.70. The second kappa shape index (κ2) is 5.59. The molecule has 2 heterocycles. The molecule has 0 unspecified atom stereocenters. The van der Waals surface area contributed by atoms with Crippen LogP contribution in [0.1, 0.15) is 11.3 Å². The SMILES string of the molecule is N#Cc1ccc(NCc2cn(CC(=O)O)nn2)nc1. The molecule has 0 fully saturated rings. The quantitative estimate of drug-likeness (QED) is 0.788. The Morgan fingerprint density at radius 2 is 2.37 bits per heavy atom. The molecule has 96 valence electrons. The van der Waals surface area contributed by atoms with Crippen LogP contribution in [0.4, 0.5) is 5.82 Å². The Balaban J connectivity index is 1.92. The fourth-order valence-corrected chi connectivity index (χ4v) is 1.38. The van der Waals surface area contributed by atoms with Crippen molar-refractivity contribution in [2.24, 2.45) is 0 Å². The summed E-state index contributed by atoms with van der Waals surface area (Å²) >= 11 is 0. The lowest BCUT2D eigenvalue weighted by Gasteiger charge is -2.01. The summed E-state index contributed by atoms with van der Waals surface area (Å²) in [5.41, 5.74) is 1.09. The van der Waals surface area contributed by atoms with E-state index in [4.69, 9.17) is 10.4 Å². The summed E-state index contributed by atoms with van der Waals surface area (Å²) in [4.78, 5) is 14.5. The van der Waals surface area contributed by atoms with Crippen LogP contribution in [0, 0.1) is 11.3 Å². The Hall–Kier alpha value is -2.95. The van der Waals surface area contributed by atoms with Crippen LogP contribution in [0.2, 0.25) is 0 Å². The number of rotatable bonds is 5. The van der Waals surface area contributed by atoms with E-state index in [0.29, 0.717) is 23.6 Å². The standard InChI is InChI=1S/C11H10N6O2/c12-3-8-1-2-10(13-4-8)14-5-9-6-17(16-15-9)7-11(18)19/h1-2,4,6H,5,7H2,(H,13,14)(H,18,19). The maximum Gasteiger partial charge on any atom is 0.325 e. The number of carboxylic acids is 1. The monoisotopic (exact) mass is 258 g/mol. The van der Waals surface area contributed by atoms with E-state index in [0.717, 1.165) is 0 Å². The highest BCUT2D eigenvalue weighted by atomic mass is 16.4. The first-order chi connectivity index (χ1) is 9.17. The Kier molecular flexibility index (Phi) is 3.68. The molecular weight excluding hydrogens is 248 g/mol. The zero-order valence-corrected chi connectivity index (χ0v) is 9.82. The number of aromatic nitrogens is 4. The van der Waals surface area contributed by atoms with Crippen LogP contribution >= 0.6 is 0 Å². The van der Waals surface area contributed by atoms with Crippen LogP contribution in [0.25, 0.3) is 0 Å². The lowest BCUT2D eigenvalue weighted by Crippen LogP contribution is -2.09. The van der Waals surface area contributed by atoms with Crippen LogP contribution in [0.15, 0.2) is 24.5 Å². The molecule has 0 aliphatic carbocycles. The van der Waals surface area contributed by atoms with Crippen molar-refractivity contribution in [3.8, 4) is 6.07 Å². The van der Waals surface area contributed by atoms with E-state index >= 15 is 0 Å². The second-order valence-corrected chi connectivity index (χ2v) is 3.70. The molecule has 2 aromatic rings. The van der Waals surface area contributed by atoms with Crippen molar-refractivity contribution in [2.45, 2.75) is 13.1 Å². The number of carbonyl (C=O) groups is 1. The molecule has 2 rings (SSSR count). The Morgan fingerprint density at radius 1 is 1.53 bits per heavy atom. The van der Waals surface area contributed by atoms with Gasteiger partial charge in [0.05, 0.1) is 18.3 Å². The Labute approximate surface area is 108 Å². The Bertz CT molecular complexity index is 613. The number of nitrogens with one attached hydrogen (secondary N) is 1. The molecule has 0 aliphatic heterocycles. The van der Waals surface area contributed by atoms with Crippen molar-refractivity contribution in [3.05, 3.63) is 35.8 Å². The van der Waals surface area contributed by atoms with E-state index in [1.165, 1.54) is 10.9 Å². The van der Waals surface area contributed by atoms with Crippen LogP contribution in [-0.2, 0) is 17.9 Å². The van der Waals surface area contributed by atoms with E-state index < -0.39 is 5.97 Å². The van der Waals surface area contributed by atoms with Crippen LogP contribution in [0.3, 0.4) is 0 Å². The first kappa shape index (κ1) is 12.5. The van der Waals surface area contributed by atoms with E-state index in [1.54, 1.807) is 18.3 Å². The minimum atomic E-state index is -0.974. The average molecular weight is 258 g/mol. The van der Waals surface area contributed by atoms with Crippen LogP contribution in [0.5, 0.6) is 0 Å². The lowest BCUT2D eigenvalue weighted by molar-refractivity contribution is -0.137. The maximum atomic E-state index is 10.5. The van der Waals surface area contributed by atoms with Gasteiger partial charge in [0.1, 0.15) is 24.1 Å². The van der Waals surface area contributed by atoms with Gasteiger partial charge in [-0.1, -0.05) is 5.21 Å². The molecule has 2 N–H and O–H groups in total. The highest BCUT2D eigenvalue weighted by Crippen LogP contribution is 2.05. The molecule has 0 saturated carbocycles. The number of carboxylic acid groups (broad SMARTS) is 1. The van der Waals surface area contributed by atoms with Crippen molar-refractivity contribution in [1.29, 1.82) is 5.26 Å². The molecule has 0 spiro atoms. The highest BCUT2D eigenvalue weighted by molar-refractivity contribution is 5.66. The number of hydrogen-bond acceptors (Lipinski definition) is 6. The number of aliphatic carboxylic acids is 1. The molecule has 0 bridgehead atoms.